The summed E-state index contributed by atoms with van der Waals surface area (Å²) >= 11 is 0. The van der Waals surface area contributed by atoms with Gasteiger partial charge >= 0.3 is 0 Å². The Bertz CT molecular complexity index is 877. The molecule has 2 heterocycles. The molecule has 1 aromatic heterocycles. The van der Waals surface area contributed by atoms with Crippen LogP contribution in [0.15, 0.2) is 54.5 Å². The average Bonchev–Trinajstić information content (AvgIpc) is 2.71. The van der Waals surface area contributed by atoms with Crippen LogP contribution in [0.1, 0.15) is 43.4 Å². The molecule has 2 aromatic rings. The third-order valence-corrected chi connectivity index (χ3v) is 4.79. The molecule has 0 aliphatic carbocycles. The molecule has 0 saturated heterocycles. The zero-order valence-electron chi connectivity index (χ0n) is 16.4. The first kappa shape index (κ1) is 19.8. The van der Waals surface area contributed by atoms with E-state index in [1.165, 1.54) is 0 Å². The van der Waals surface area contributed by atoms with Crippen molar-refractivity contribution in [1.82, 2.24) is 20.7 Å². The van der Waals surface area contributed by atoms with Gasteiger partial charge in [-0.15, -0.1) is 0 Å². The van der Waals surface area contributed by atoms with Gasteiger partial charge in [0.25, 0.3) is 5.91 Å². The fourth-order valence-electron chi connectivity index (χ4n) is 3.27. The van der Waals surface area contributed by atoms with Crippen molar-refractivity contribution in [2.75, 3.05) is 6.54 Å². The van der Waals surface area contributed by atoms with Crippen molar-refractivity contribution in [3.63, 3.8) is 0 Å². The molecule has 1 aliphatic heterocycles. The summed E-state index contributed by atoms with van der Waals surface area (Å²) in [6, 6.07) is 11.7. The number of imide groups is 1. The van der Waals surface area contributed by atoms with Gasteiger partial charge in [0.05, 0.1) is 12.1 Å². The molecule has 0 radical (unpaired) electrons. The smallest absolute Gasteiger partial charge is 0.260 e. The van der Waals surface area contributed by atoms with E-state index < -0.39 is 0 Å². The normalized spacial score (nSPS) is 13.3. The maximum absolute atomic E-state index is 12.9. The Morgan fingerprint density at radius 3 is 2.71 bits per heavy atom. The number of aryl methyl sites for hydroxylation is 1. The summed E-state index contributed by atoms with van der Waals surface area (Å²) in [5.74, 6) is -0.661. The Morgan fingerprint density at radius 1 is 1.18 bits per heavy atom. The van der Waals surface area contributed by atoms with Crippen molar-refractivity contribution < 1.29 is 9.59 Å². The van der Waals surface area contributed by atoms with Gasteiger partial charge in [-0.05, 0) is 37.0 Å². The number of amides is 2. The standard InChI is InChI=1S/C22H26N4O2/c1-3-12-24-26-15-18-11-13-23-14-19(18)21(16(26)2)22(28)25-20(27)10-9-17-7-5-4-6-8-17/h4-8,11,13-14,24H,3,9-10,12,15H2,1-2H3,(H,25,27,28). The topological polar surface area (TPSA) is 74.3 Å². The molecule has 0 bridgehead atoms. The second kappa shape index (κ2) is 9.28. The Labute approximate surface area is 165 Å². The van der Waals surface area contributed by atoms with Gasteiger partial charge in [-0.3, -0.25) is 19.9 Å². The van der Waals surface area contributed by atoms with Gasteiger partial charge in [0.15, 0.2) is 0 Å². The zero-order valence-corrected chi connectivity index (χ0v) is 16.4. The minimum atomic E-state index is -0.382. The summed E-state index contributed by atoms with van der Waals surface area (Å²) in [5.41, 5.74) is 7.48. The molecule has 0 saturated carbocycles. The molecule has 1 aromatic carbocycles. The van der Waals surface area contributed by atoms with E-state index in [1.54, 1.807) is 12.4 Å². The third kappa shape index (κ3) is 4.64. The third-order valence-electron chi connectivity index (χ3n) is 4.79. The number of benzene rings is 1. The number of hydrazine groups is 1. The first-order chi connectivity index (χ1) is 13.6. The molecule has 3 rings (SSSR count). The van der Waals surface area contributed by atoms with Gasteiger partial charge < -0.3 is 5.01 Å². The lowest BCUT2D eigenvalue weighted by atomic mass is 9.95. The number of allylic oxidation sites excluding steroid dienone is 1. The number of hydrogen-bond acceptors (Lipinski definition) is 5. The summed E-state index contributed by atoms with van der Waals surface area (Å²) in [7, 11) is 0. The van der Waals surface area contributed by atoms with Crippen LogP contribution in [-0.4, -0.2) is 28.4 Å². The van der Waals surface area contributed by atoms with Crippen LogP contribution < -0.4 is 10.7 Å². The molecule has 0 fully saturated rings. The molecule has 1 aliphatic rings. The number of fused-ring (bicyclic) bond motifs is 1. The van der Waals surface area contributed by atoms with Crippen molar-refractivity contribution in [2.45, 2.75) is 39.7 Å². The molecule has 28 heavy (non-hydrogen) atoms. The van der Waals surface area contributed by atoms with E-state index in [4.69, 9.17) is 0 Å². The fourth-order valence-corrected chi connectivity index (χ4v) is 3.27. The van der Waals surface area contributed by atoms with Crippen LogP contribution in [0.5, 0.6) is 0 Å². The van der Waals surface area contributed by atoms with E-state index in [2.05, 4.69) is 22.7 Å². The summed E-state index contributed by atoms with van der Waals surface area (Å²) in [6.07, 6.45) is 5.25. The SMILES string of the molecule is CCCNN1Cc2ccncc2C(C(=O)NC(=O)CCc2ccccc2)=C1C. The van der Waals surface area contributed by atoms with E-state index in [0.717, 1.165) is 35.4 Å². The predicted octanol–water partition coefficient (Wildman–Crippen LogP) is 2.82. The van der Waals surface area contributed by atoms with Gasteiger partial charge in [-0.2, -0.15) is 0 Å². The minimum absolute atomic E-state index is 0.264. The van der Waals surface area contributed by atoms with Crippen molar-refractivity contribution in [3.05, 3.63) is 71.2 Å². The number of hydrogen-bond donors (Lipinski definition) is 2. The van der Waals surface area contributed by atoms with Gasteiger partial charge in [0, 0.05) is 36.6 Å². The van der Waals surface area contributed by atoms with Gasteiger partial charge in [-0.1, -0.05) is 37.3 Å². The van der Waals surface area contributed by atoms with E-state index in [1.807, 2.05) is 48.3 Å². The summed E-state index contributed by atoms with van der Waals surface area (Å²) in [5, 5.41) is 4.52. The Morgan fingerprint density at radius 2 is 1.96 bits per heavy atom. The molecule has 2 N–H and O–H groups in total. The lowest BCUT2D eigenvalue weighted by Crippen LogP contribution is -2.42. The fraction of sp³-hybridized carbons (Fsp3) is 0.318. The van der Waals surface area contributed by atoms with Gasteiger partial charge in [-0.25, -0.2) is 5.43 Å². The largest absolute Gasteiger partial charge is 0.308 e. The van der Waals surface area contributed by atoms with E-state index in [0.29, 0.717) is 18.5 Å². The number of nitrogens with zero attached hydrogens (tertiary/aromatic N) is 2. The first-order valence-electron chi connectivity index (χ1n) is 9.63. The highest BCUT2D eigenvalue weighted by atomic mass is 16.2. The van der Waals surface area contributed by atoms with E-state index in [-0.39, 0.29) is 18.2 Å². The summed E-state index contributed by atoms with van der Waals surface area (Å²) in [6.45, 7) is 5.44. The van der Waals surface area contributed by atoms with Crippen LogP contribution in [0.4, 0.5) is 0 Å². The maximum Gasteiger partial charge on any atom is 0.260 e. The first-order valence-corrected chi connectivity index (χ1v) is 9.63. The van der Waals surface area contributed by atoms with Crippen molar-refractivity contribution >= 4 is 17.4 Å². The summed E-state index contributed by atoms with van der Waals surface area (Å²) < 4.78 is 0. The molecule has 0 spiro atoms. The zero-order chi connectivity index (χ0) is 19.9. The number of rotatable bonds is 7. The highest BCUT2D eigenvalue weighted by Gasteiger charge is 2.27. The van der Waals surface area contributed by atoms with Crippen molar-refractivity contribution in [1.29, 1.82) is 0 Å². The molecular formula is C22H26N4O2. The lowest BCUT2D eigenvalue weighted by molar-refractivity contribution is -0.127. The number of aromatic nitrogens is 1. The monoisotopic (exact) mass is 378 g/mol. The molecular weight excluding hydrogens is 352 g/mol. The van der Waals surface area contributed by atoms with Crippen molar-refractivity contribution in [2.24, 2.45) is 0 Å². The van der Waals surface area contributed by atoms with Crippen LogP contribution >= 0.6 is 0 Å². The molecule has 0 unspecified atom stereocenters. The molecule has 6 heteroatoms. The van der Waals surface area contributed by atoms with Crippen molar-refractivity contribution in [3.8, 4) is 0 Å². The molecule has 6 nitrogen and oxygen atoms in total. The number of carbonyl (C=O) groups is 2. The van der Waals surface area contributed by atoms with E-state index in [9.17, 15) is 9.59 Å². The summed E-state index contributed by atoms with van der Waals surface area (Å²) in [4.78, 5) is 29.5. The van der Waals surface area contributed by atoms with Gasteiger partial charge in [0.1, 0.15) is 0 Å². The number of nitrogens with one attached hydrogen (secondary N) is 2. The van der Waals surface area contributed by atoms with Gasteiger partial charge in [0.2, 0.25) is 5.91 Å². The van der Waals surface area contributed by atoms with Crippen LogP contribution in [0.2, 0.25) is 0 Å². The Kier molecular flexibility index (Phi) is 6.55. The molecule has 0 atom stereocenters. The van der Waals surface area contributed by atoms with Crippen LogP contribution in [-0.2, 0) is 22.6 Å². The Balaban J connectivity index is 1.74. The predicted molar refractivity (Wildman–Crippen MR) is 109 cm³/mol. The van der Waals surface area contributed by atoms with Crippen LogP contribution in [0.3, 0.4) is 0 Å². The highest BCUT2D eigenvalue weighted by Crippen LogP contribution is 2.30. The highest BCUT2D eigenvalue weighted by molar-refractivity contribution is 6.24. The van der Waals surface area contributed by atoms with E-state index >= 15 is 0 Å². The Hall–Kier alpha value is -2.99. The maximum atomic E-state index is 12.9. The molecule has 146 valence electrons. The van der Waals surface area contributed by atoms with Crippen LogP contribution in [0.25, 0.3) is 5.57 Å². The quantitative estimate of drug-likeness (QED) is 0.775. The number of pyridine rings is 1. The average molecular weight is 378 g/mol. The minimum Gasteiger partial charge on any atom is -0.308 e. The van der Waals surface area contributed by atoms with Crippen LogP contribution in [0, 0.1) is 0 Å². The molecule has 2 amide bonds. The second-order valence-electron chi connectivity index (χ2n) is 6.85. The lowest BCUT2D eigenvalue weighted by Gasteiger charge is -2.33. The second-order valence-corrected chi connectivity index (χ2v) is 6.85. The number of carbonyl (C=O) groups excluding carboxylic acids is 2.